The van der Waals surface area contributed by atoms with E-state index in [1.165, 1.54) is 27.6 Å². The fourth-order valence-electron chi connectivity index (χ4n) is 3.93. The first-order chi connectivity index (χ1) is 15.5. The van der Waals surface area contributed by atoms with Crippen molar-refractivity contribution in [1.29, 1.82) is 0 Å². The molecule has 5 nitrogen and oxygen atoms in total. The standard InChI is InChI=1S/C26H26N2O3S/c1-2-28(24-11-7-4-8-12-24)32(30,31)25-15-13-23(14-16-25)26(29)27-19-17-22(18-20-27)21-9-5-3-6-10-21/h3-17H,2,18-20H2,1H3. The number of nitrogens with zero attached hydrogens (tertiary/aromatic N) is 2. The van der Waals surface area contributed by atoms with Crippen LogP contribution in [0.1, 0.15) is 29.3 Å². The SMILES string of the molecule is CCN(c1ccccc1)S(=O)(=O)c1ccc(C(=O)N2CC=C(c3ccccc3)CC2)cc1. The van der Waals surface area contributed by atoms with Crippen LogP contribution in [0.25, 0.3) is 5.57 Å². The van der Waals surface area contributed by atoms with Crippen LogP contribution < -0.4 is 4.31 Å². The summed E-state index contributed by atoms with van der Waals surface area (Å²) in [4.78, 5) is 14.9. The largest absolute Gasteiger partial charge is 0.335 e. The number of carbonyl (C=O) groups excluding carboxylic acids is 1. The summed E-state index contributed by atoms with van der Waals surface area (Å²) in [6.45, 7) is 3.30. The predicted octanol–water partition coefficient (Wildman–Crippen LogP) is 4.83. The van der Waals surface area contributed by atoms with Gasteiger partial charge in [-0.3, -0.25) is 9.10 Å². The summed E-state index contributed by atoms with van der Waals surface area (Å²) in [5.74, 6) is -0.0901. The van der Waals surface area contributed by atoms with Crippen LogP contribution >= 0.6 is 0 Å². The van der Waals surface area contributed by atoms with Gasteiger partial charge >= 0.3 is 0 Å². The molecule has 1 amide bonds. The minimum atomic E-state index is -3.71. The summed E-state index contributed by atoms with van der Waals surface area (Å²) < 4.78 is 27.6. The number of carbonyl (C=O) groups is 1. The van der Waals surface area contributed by atoms with Crippen molar-refractivity contribution >= 4 is 27.2 Å². The van der Waals surface area contributed by atoms with Gasteiger partial charge < -0.3 is 4.90 Å². The van der Waals surface area contributed by atoms with Gasteiger partial charge in [-0.2, -0.15) is 0 Å². The molecule has 0 saturated carbocycles. The summed E-state index contributed by atoms with van der Waals surface area (Å²) >= 11 is 0. The second kappa shape index (κ2) is 9.40. The first-order valence-corrected chi connectivity index (χ1v) is 12.2. The number of hydrogen-bond acceptors (Lipinski definition) is 3. The Kier molecular flexibility index (Phi) is 6.42. The quantitative estimate of drug-likeness (QED) is 0.545. The molecule has 0 spiro atoms. The van der Waals surface area contributed by atoms with Crippen LogP contribution in [-0.2, 0) is 10.0 Å². The Balaban J connectivity index is 1.49. The molecule has 0 N–H and O–H groups in total. The predicted molar refractivity (Wildman–Crippen MR) is 128 cm³/mol. The molecule has 4 rings (SSSR count). The molecule has 164 valence electrons. The van der Waals surface area contributed by atoms with Gasteiger partial charge in [0.15, 0.2) is 0 Å². The molecule has 1 aliphatic heterocycles. The second-order valence-corrected chi connectivity index (χ2v) is 9.49. The average molecular weight is 447 g/mol. The smallest absolute Gasteiger partial charge is 0.264 e. The Morgan fingerprint density at radius 2 is 1.53 bits per heavy atom. The highest BCUT2D eigenvalue weighted by Gasteiger charge is 2.25. The molecule has 0 bridgehead atoms. The Morgan fingerprint density at radius 3 is 2.09 bits per heavy atom. The molecule has 0 fully saturated rings. The lowest BCUT2D eigenvalue weighted by Crippen LogP contribution is -2.34. The van der Waals surface area contributed by atoms with Crippen molar-refractivity contribution in [3.8, 4) is 0 Å². The normalized spacial score (nSPS) is 14.0. The minimum Gasteiger partial charge on any atom is -0.335 e. The van der Waals surface area contributed by atoms with Crippen molar-refractivity contribution in [2.75, 3.05) is 23.9 Å². The highest BCUT2D eigenvalue weighted by molar-refractivity contribution is 7.92. The van der Waals surface area contributed by atoms with E-state index in [9.17, 15) is 13.2 Å². The van der Waals surface area contributed by atoms with Crippen molar-refractivity contribution in [2.24, 2.45) is 0 Å². The number of anilines is 1. The molecule has 0 aliphatic carbocycles. The lowest BCUT2D eigenvalue weighted by Gasteiger charge is -2.27. The van der Waals surface area contributed by atoms with Gasteiger partial charge in [0.05, 0.1) is 10.6 Å². The monoisotopic (exact) mass is 446 g/mol. The molecular formula is C26H26N2O3S. The first-order valence-electron chi connectivity index (χ1n) is 10.7. The molecule has 0 aromatic heterocycles. The van der Waals surface area contributed by atoms with Crippen molar-refractivity contribution in [3.63, 3.8) is 0 Å². The van der Waals surface area contributed by atoms with Crippen LogP contribution in [0.15, 0.2) is 95.9 Å². The zero-order valence-corrected chi connectivity index (χ0v) is 18.8. The van der Waals surface area contributed by atoms with Gasteiger partial charge in [0, 0.05) is 25.2 Å². The highest BCUT2D eigenvalue weighted by atomic mass is 32.2. The van der Waals surface area contributed by atoms with Crippen molar-refractivity contribution in [3.05, 3.63) is 102 Å². The third-order valence-corrected chi connectivity index (χ3v) is 7.58. The molecular weight excluding hydrogens is 420 g/mol. The first kappa shape index (κ1) is 21.8. The molecule has 32 heavy (non-hydrogen) atoms. The van der Waals surface area contributed by atoms with Crippen molar-refractivity contribution < 1.29 is 13.2 Å². The molecule has 0 atom stereocenters. The highest BCUT2D eigenvalue weighted by Crippen LogP contribution is 2.25. The number of amides is 1. The van der Waals surface area contributed by atoms with E-state index in [1.807, 2.05) is 36.4 Å². The summed E-state index contributed by atoms with van der Waals surface area (Å²) in [5.41, 5.74) is 3.54. The summed E-state index contributed by atoms with van der Waals surface area (Å²) in [6, 6.07) is 25.4. The topological polar surface area (TPSA) is 57.7 Å². The van der Waals surface area contributed by atoms with Gasteiger partial charge in [-0.1, -0.05) is 54.6 Å². The van der Waals surface area contributed by atoms with Gasteiger partial charge in [0.25, 0.3) is 15.9 Å². The zero-order valence-electron chi connectivity index (χ0n) is 18.0. The van der Waals surface area contributed by atoms with Gasteiger partial charge in [-0.05, 0) is 60.9 Å². The van der Waals surface area contributed by atoms with E-state index in [2.05, 4.69) is 18.2 Å². The van der Waals surface area contributed by atoms with E-state index < -0.39 is 10.0 Å². The number of sulfonamides is 1. The van der Waals surface area contributed by atoms with E-state index in [0.29, 0.717) is 30.9 Å². The Bertz CT molecular complexity index is 1200. The zero-order chi connectivity index (χ0) is 22.6. The van der Waals surface area contributed by atoms with Gasteiger partial charge in [-0.25, -0.2) is 8.42 Å². The van der Waals surface area contributed by atoms with Gasteiger partial charge in [-0.15, -0.1) is 0 Å². The van der Waals surface area contributed by atoms with Crippen LogP contribution in [0, 0.1) is 0 Å². The van der Waals surface area contributed by atoms with Crippen LogP contribution in [0.4, 0.5) is 5.69 Å². The molecule has 6 heteroatoms. The van der Waals surface area contributed by atoms with Crippen LogP contribution in [0.2, 0.25) is 0 Å². The maximum Gasteiger partial charge on any atom is 0.264 e. The van der Waals surface area contributed by atoms with Crippen LogP contribution in [-0.4, -0.2) is 38.9 Å². The van der Waals surface area contributed by atoms with Crippen LogP contribution in [0.3, 0.4) is 0 Å². The third kappa shape index (κ3) is 4.46. The van der Waals surface area contributed by atoms with Gasteiger partial charge in [0.1, 0.15) is 0 Å². The van der Waals surface area contributed by atoms with E-state index in [-0.39, 0.29) is 10.8 Å². The molecule has 1 aliphatic rings. The van der Waals surface area contributed by atoms with E-state index >= 15 is 0 Å². The van der Waals surface area contributed by atoms with Crippen molar-refractivity contribution in [1.82, 2.24) is 4.90 Å². The molecule has 0 saturated heterocycles. The summed E-state index contributed by atoms with van der Waals surface area (Å²) in [6.07, 6.45) is 2.89. The molecule has 0 radical (unpaired) electrons. The maximum absolute atomic E-state index is 13.1. The fraction of sp³-hybridized carbons (Fsp3) is 0.192. The number of para-hydroxylation sites is 1. The average Bonchev–Trinajstić information content (AvgIpc) is 2.85. The Morgan fingerprint density at radius 1 is 0.906 bits per heavy atom. The lowest BCUT2D eigenvalue weighted by atomic mass is 9.99. The van der Waals surface area contributed by atoms with E-state index in [1.54, 1.807) is 36.1 Å². The summed E-state index contributed by atoms with van der Waals surface area (Å²) in [5, 5.41) is 0. The van der Waals surface area contributed by atoms with E-state index in [4.69, 9.17) is 0 Å². The molecule has 3 aromatic rings. The Labute approximate surface area is 189 Å². The minimum absolute atomic E-state index is 0.0901. The molecule has 3 aromatic carbocycles. The molecule has 1 heterocycles. The third-order valence-electron chi connectivity index (χ3n) is 5.66. The fourth-order valence-corrected chi connectivity index (χ4v) is 5.41. The number of rotatable bonds is 6. The molecule has 0 unspecified atom stereocenters. The summed E-state index contributed by atoms with van der Waals surface area (Å²) in [7, 11) is -3.71. The van der Waals surface area contributed by atoms with Gasteiger partial charge in [0.2, 0.25) is 0 Å². The maximum atomic E-state index is 13.1. The number of benzene rings is 3. The Hall–Kier alpha value is -3.38. The van der Waals surface area contributed by atoms with Crippen molar-refractivity contribution in [2.45, 2.75) is 18.2 Å². The van der Waals surface area contributed by atoms with E-state index in [0.717, 1.165) is 6.42 Å². The van der Waals surface area contributed by atoms with Crippen LogP contribution in [0.5, 0.6) is 0 Å². The second-order valence-electron chi connectivity index (χ2n) is 7.63. The lowest BCUT2D eigenvalue weighted by molar-refractivity contribution is 0.0773. The number of hydrogen-bond donors (Lipinski definition) is 0.